The molecule has 0 amide bonds. The average Bonchev–Trinajstić information content (AvgIpc) is 3.06. The summed E-state index contributed by atoms with van der Waals surface area (Å²) >= 11 is 0. The lowest BCUT2D eigenvalue weighted by Crippen LogP contribution is -2.02. The van der Waals surface area contributed by atoms with E-state index in [1.165, 1.54) is 6.07 Å². The summed E-state index contributed by atoms with van der Waals surface area (Å²) in [5, 5.41) is 15.8. The minimum atomic E-state index is -0.382. The Morgan fingerprint density at radius 2 is 2.25 bits per heavy atom. The fourth-order valence-electron chi connectivity index (χ4n) is 2.17. The number of para-hydroxylation sites is 1. The fourth-order valence-corrected chi connectivity index (χ4v) is 2.17. The van der Waals surface area contributed by atoms with Gasteiger partial charge in [0.15, 0.2) is 5.82 Å². The van der Waals surface area contributed by atoms with Crippen LogP contribution in [0, 0.1) is 10.1 Å². The third kappa shape index (κ3) is 2.03. The van der Waals surface area contributed by atoms with Crippen LogP contribution < -0.4 is 0 Å². The maximum atomic E-state index is 11.1. The molecule has 102 valence electrons. The first kappa shape index (κ1) is 12.3. The quantitative estimate of drug-likeness (QED) is 0.538. The van der Waals surface area contributed by atoms with E-state index in [0.29, 0.717) is 30.2 Å². The zero-order chi connectivity index (χ0) is 14.1. The second-order valence-electron chi connectivity index (χ2n) is 4.37. The molecular formula is C13H12N4O3. The van der Waals surface area contributed by atoms with Crippen molar-refractivity contribution in [2.75, 3.05) is 0 Å². The largest absolute Gasteiger partial charge is 0.339 e. The zero-order valence-electron chi connectivity index (χ0n) is 10.8. The van der Waals surface area contributed by atoms with Crippen LogP contribution in [0.1, 0.15) is 18.6 Å². The minimum absolute atomic E-state index is 0.0757. The van der Waals surface area contributed by atoms with Crippen molar-refractivity contribution in [1.82, 2.24) is 14.7 Å². The first-order valence-electron chi connectivity index (χ1n) is 6.22. The number of fused-ring (bicyclic) bond motifs is 1. The Labute approximate surface area is 114 Å². The van der Waals surface area contributed by atoms with Gasteiger partial charge in [-0.3, -0.25) is 10.1 Å². The van der Waals surface area contributed by atoms with Gasteiger partial charge in [-0.2, -0.15) is 4.98 Å². The van der Waals surface area contributed by atoms with Crippen LogP contribution >= 0.6 is 0 Å². The molecule has 2 heterocycles. The van der Waals surface area contributed by atoms with Gasteiger partial charge in [0.25, 0.3) is 5.69 Å². The van der Waals surface area contributed by atoms with Gasteiger partial charge in [0, 0.05) is 24.1 Å². The summed E-state index contributed by atoms with van der Waals surface area (Å²) in [5.41, 5.74) is 0.645. The average molecular weight is 272 g/mol. The Bertz CT molecular complexity index is 775. The van der Waals surface area contributed by atoms with Gasteiger partial charge < -0.3 is 9.09 Å². The van der Waals surface area contributed by atoms with Crippen LogP contribution in [0.4, 0.5) is 5.69 Å². The van der Waals surface area contributed by atoms with E-state index in [9.17, 15) is 10.1 Å². The fraction of sp³-hybridized carbons (Fsp3) is 0.231. The van der Waals surface area contributed by atoms with Crippen molar-refractivity contribution in [3.05, 3.63) is 52.3 Å². The molecule has 0 radical (unpaired) electrons. The Balaban J connectivity index is 2.05. The van der Waals surface area contributed by atoms with E-state index in [4.69, 9.17) is 4.52 Å². The van der Waals surface area contributed by atoms with Crippen LogP contribution in [0.25, 0.3) is 10.9 Å². The molecule has 7 nitrogen and oxygen atoms in total. The van der Waals surface area contributed by atoms with Gasteiger partial charge >= 0.3 is 0 Å². The molecule has 7 heteroatoms. The summed E-state index contributed by atoms with van der Waals surface area (Å²) in [6.45, 7) is 2.27. The Kier molecular flexibility index (Phi) is 2.94. The molecule has 0 aliphatic heterocycles. The van der Waals surface area contributed by atoms with E-state index in [1.807, 2.05) is 19.1 Å². The Hall–Kier alpha value is -2.70. The van der Waals surface area contributed by atoms with Crippen LogP contribution in [0.15, 0.2) is 35.0 Å². The van der Waals surface area contributed by atoms with Crippen molar-refractivity contribution in [2.24, 2.45) is 0 Å². The minimum Gasteiger partial charge on any atom is -0.339 e. The highest BCUT2D eigenvalue weighted by Gasteiger charge is 2.16. The standard InChI is InChI=1S/C13H12N4O3/c1-2-12-14-11(15-20-12)8-16-7-6-9-4-3-5-10(13(9)16)17(18)19/h3-7H,2,8H2,1H3. The highest BCUT2D eigenvalue weighted by atomic mass is 16.6. The van der Waals surface area contributed by atoms with E-state index in [-0.39, 0.29) is 10.6 Å². The van der Waals surface area contributed by atoms with E-state index in [1.54, 1.807) is 16.8 Å². The molecule has 1 aromatic carbocycles. The zero-order valence-corrected chi connectivity index (χ0v) is 10.8. The number of nitrogens with zero attached hydrogens (tertiary/aromatic N) is 4. The molecule has 3 aromatic rings. The normalized spacial score (nSPS) is 11.1. The van der Waals surface area contributed by atoms with Crippen LogP contribution in [-0.2, 0) is 13.0 Å². The topological polar surface area (TPSA) is 87.0 Å². The number of aromatic nitrogens is 3. The molecule has 0 aliphatic carbocycles. The van der Waals surface area contributed by atoms with Crippen molar-refractivity contribution < 1.29 is 9.45 Å². The molecule has 0 atom stereocenters. The summed E-state index contributed by atoms with van der Waals surface area (Å²) in [6.07, 6.45) is 2.46. The molecule has 0 aliphatic rings. The van der Waals surface area contributed by atoms with E-state index in [0.717, 1.165) is 5.39 Å². The summed E-state index contributed by atoms with van der Waals surface area (Å²) in [7, 11) is 0. The van der Waals surface area contributed by atoms with Crippen molar-refractivity contribution in [3.8, 4) is 0 Å². The van der Waals surface area contributed by atoms with Crippen LogP contribution in [0.3, 0.4) is 0 Å². The lowest BCUT2D eigenvalue weighted by atomic mass is 10.2. The van der Waals surface area contributed by atoms with Gasteiger partial charge in [0.2, 0.25) is 5.89 Å². The molecule has 0 N–H and O–H groups in total. The first-order valence-corrected chi connectivity index (χ1v) is 6.22. The van der Waals surface area contributed by atoms with Gasteiger partial charge in [-0.15, -0.1) is 0 Å². The molecular weight excluding hydrogens is 260 g/mol. The Morgan fingerprint density at radius 1 is 1.40 bits per heavy atom. The molecule has 0 unspecified atom stereocenters. The number of rotatable bonds is 4. The maximum Gasteiger partial charge on any atom is 0.293 e. The van der Waals surface area contributed by atoms with E-state index < -0.39 is 0 Å². The van der Waals surface area contributed by atoms with Gasteiger partial charge in [-0.1, -0.05) is 24.2 Å². The third-order valence-corrected chi connectivity index (χ3v) is 3.09. The van der Waals surface area contributed by atoms with Crippen LogP contribution in [0.5, 0.6) is 0 Å². The van der Waals surface area contributed by atoms with Crippen LogP contribution in [0.2, 0.25) is 0 Å². The van der Waals surface area contributed by atoms with Gasteiger partial charge in [-0.05, 0) is 6.07 Å². The monoisotopic (exact) mass is 272 g/mol. The van der Waals surface area contributed by atoms with Crippen LogP contribution in [-0.4, -0.2) is 19.6 Å². The summed E-state index contributed by atoms with van der Waals surface area (Å²) in [4.78, 5) is 14.9. The number of nitro benzene ring substituents is 1. The highest BCUT2D eigenvalue weighted by Crippen LogP contribution is 2.26. The molecule has 0 spiro atoms. The predicted molar refractivity (Wildman–Crippen MR) is 71.4 cm³/mol. The summed E-state index contributed by atoms with van der Waals surface area (Å²) < 4.78 is 6.81. The first-order chi connectivity index (χ1) is 9.69. The molecule has 0 saturated heterocycles. The molecule has 0 saturated carbocycles. The second-order valence-corrected chi connectivity index (χ2v) is 4.37. The van der Waals surface area contributed by atoms with Gasteiger partial charge in [-0.25, -0.2) is 0 Å². The van der Waals surface area contributed by atoms with Crippen molar-refractivity contribution in [3.63, 3.8) is 0 Å². The van der Waals surface area contributed by atoms with E-state index >= 15 is 0 Å². The SMILES string of the molecule is CCc1nc(Cn2ccc3cccc([N+](=O)[O-])c32)no1. The highest BCUT2D eigenvalue weighted by molar-refractivity contribution is 5.88. The molecule has 3 rings (SSSR count). The summed E-state index contributed by atoms with van der Waals surface area (Å²) in [6, 6.07) is 6.84. The molecule has 20 heavy (non-hydrogen) atoms. The molecule has 2 aromatic heterocycles. The molecule has 0 fully saturated rings. The number of aryl methyl sites for hydroxylation is 1. The van der Waals surface area contributed by atoms with Crippen molar-refractivity contribution in [2.45, 2.75) is 19.9 Å². The lowest BCUT2D eigenvalue weighted by molar-refractivity contribution is -0.383. The van der Waals surface area contributed by atoms with Crippen molar-refractivity contribution >= 4 is 16.6 Å². The van der Waals surface area contributed by atoms with Crippen molar-refractivity contribution in [1.29, 1.82) is 0 Å². The lowest BCUT2D eigenvalue weighted by Gasteiger charge is -2.02. The van der Waals surface area contributed by atoms with Gasteiger partial charge in [0.05, 0.1) is 11.5 Å². The second kappa shape index (κ2) is 4.76. The number of nitro groups is 1. The summed E-state index contributed by atoms with van der Waals surface area (Å²) in [5.74, 6) is 1.07. The Morgan fingerprint density at radius 3 is 2.95 bits per heavy atom. The van der Waals surface area contributed by atoms with E-state index in [2.05, 4.69) is 10.1 Å². The van der Waals surface area contributed by atoms with Gasteiger partial charge in [0.1, 0.15) is 5.52 Å². The smallest absolute Gasteiger partial charge is 0.293 e. The number of non-ortho nitro benzene ring substituents is 1. The maximum absolute atomic E-state index is 11.1. The third-order valence-electron chi connectivity index (χ3n) is 3.09. The number of hydrogen-bond acceptors (Lipinski definition) is 5. The number of hydrogen-bond donors (Lipinski definition) is 0. The number of benzene rings is 1. The molecule has 0 bridgehead atoms. The predicted octanol–water partition coefficient (Wildman–Crippen LogP) is 2.54.